The first-order valence-electron chi connectivity index (χ1n) is 8.06. The van der Waals surface area contributed by atoms with Gasteiger partial charge >= 0.3 is 5.97 Å². The van der Waals surface area contributed by atoms with Gasteiger partial charge in [-0.05, 0) is 37.1 Å². The predicted molar refractivity (Wildman–Crippen MR) is 90.9 cm³/mol. The normalized spacial score (nSPS) is 17.9. The molecule has 138 valence electrons. The van der Waals surface area contributed by atoms with Crippen molar-refractivity contribution in [3.63, 3.8) is 0 Å². The molecular formula is C17H18N2O6S. The number of carboxylic acids is 1. The molecule has 0 spiro atoms. The molecule has 0 radical (unpaired) electrons. The summed E-state index contributed by atoms with van der Waals surface area (Å²) in [4.78, 5) is 23.4. The number of sulfonamides is 1. The summed E-state index contributed by atoms with van der Waals surface area (Å²) in [6, 6.07) is 9.95. The molecule has 0 bridgehead atoms. The van der Waals surface area contributed by atoms with Gasteiger partial charge in [0.1, 0.15) is 11.8 Å². The van der Waals surface area contributed by atoms with E-state index in [1.165, 1.54) is 28.6 Å². The highest BCUT2D eigenvalue weighted by Crippen LogP contribution is 2.26. The summed E-state index contributed by atoms with van der Waals surface area (Å²) in [7, 11) is -3.75. The highest BCUT2D eigenvalue weighted by molar-refractivity contribution is 7.89. The molecule has 1 aromatic carbocycles. The molecule has 0 saturated carbocycles. The molecule has 1 atom stereocenters. The molecule has 1 aromatic heterocycles. The first-order chi connectivity index (χ1) is 12.4. The van der Waals surface area contributed by atoms with Crippen LogP contribution in [0.2, 0.25) is 0 Å². The molecule has 1 aliphatic heterocycles. The van der Waals surface area contributed by atoms with E-state index in [1.54, 1.807) is 18.2 Å². The zero-order valence-corrected chi connectivity index (χ0v) is 14.6. The minimum absolute atomic E-state index is 0.0121. The van der Waals surface area contributed by atoms with Gasteiger partial charge < -0.3 is 14.8 Å². The summed E-state index contributed by atoms with van der Waals surface area (Å²) in [5.74, 6) is -1.57. The second-order valence-corrected chi connectivity index (χ2v) is 7.77. The maximum absolute atomic E-state index is 12.8. The maximum Gasteiger partial charge on any atom is 0.371 e. The lowest BCUT2D eigenvalue weighted by molar-refractivity contribution is -0.124. The van der Waals surface area contributed by atoms with E-state index in [1.807, 2.05) is 0 Å². The van der Waals surface area contributed by atoms with Gasteiger partial charge in [0.05, 0.1) is 11.4 Å². The van der Waals surface area contributed by atoms with Crippen molar-refractivity contribution in [3.05, 3.63) is 54.0 Å². The summed E-state index contributed by atoms with van der Waals surface area (Å²) in [5, 5.41) is 11.4. The number of carboxylic acid groups (broad SMARTS) is 1. The number of hydrogen-bond acceptors (Lipinski definition) is 5. The van der Waals surface area contributed by atoms with E-state index in [-0.39, 0.29) is 29.5 Å². The Morgan fingerprint density at radius 3 is 2.58 bits per heavy atom. The van der Waals surface area contributed by atoms with Crippen LogP contribution in [-0.2, 0) is 21.4 Å². The van der Waals surface area contributed by atoms with Crippen molar-refractivity contribution in [1.29, 1.82) is 0 Å². The number of rotatable bonds is 6. The lowest BCUT2D eigenvalue weighted by atomic mass is 10.2. The lowest BCUT2D eigenvalue weighted by Gasteiger charge is -2.23. The Labute approximate surface area is 150 Å². The van der Waals surface area contributed by atoms with Crippen LogP contribution >= 0.6 is 0 Å². The Morgan fingerprint density at radius 2 is 1.92 bits per heavy atom. The smallest absolute Gasteiger partial charge is 0.371 e. The average Bonchev–Trinajstić information content (AvgIpc) is 3.30. The lowest BCUT2D eigenvalue weighted by Crippen LogP contribution is -2.45. The molecule has 1 aliphatic rings. The zero-order chi connectivity index (χ0) is 18.7. The van der Waals surface area contributed by atoms with Crippen LogP contribution in [0.4, 0.5) is 0 Å². The van der Waals surface area contributed by atoms with Gasteiger partial charge in [0.2, 0.25) is 21.7 Å². The Kier molecular flexibility index (Phi) is 5.10. The Hall–Kier alpha value is -2.65. The molecule has 9 heteroatoms. The first-order valence-corrected chi connectivity index (χ1v) is 9.50. The van der Waals surface area contributed by atoms with Crippen LogP contribution in [-0.4, -0.2) is 42.3 Å². The van der Waals surface area contributed by atoms with Crippen molar-refractivity contribution >= 4 is 21.9 Å². The predicted octanol–water partition coefficient (Wildman–Crippen LogP) is 1.45. The standard InChI is InChI=1S/C17H18N2O6S/c20-16(18-11-12-8-9-15(25-12)17(21)22)14-7-4-10-19(14)26(23,24)13-5-2-1-3-6-13/h1-3,5-6,8-9,14H,4,7,10-11H2,(H,18,20)(H,21,22). The Morgan fingerprint density at radius 1 is 1.19 bits per heavy atom. The Balaban J connectivity index is 1.69. The van der Waals surface area contributed by atoms with Crippen LogP contribution in [0.3, 0.4) is 0 Å². The molecule has 8 nitrogen and oxygen atoms in total. The molecule has 1 unspecified atom stereocenters. The van der Waals surface area contributed by atoms with E-state index in [0.29, 0.717) is 12.8 Å². The molecule has 2 aromatic rings. The summed E-state index contributed by atoms with van der Waals surface area (Å²) in [5.41, 5.74) is 0. The van der Waals surface area contributed by atoms with E-state index >= 15 is 0 Å². The number of amides is 1. The summed E-state index contributed by atoms with van der Waals surface area (Å²) >= 11 is 0. The monoisotopic (exact) mass is 378 g/mol. The minimum atomic E-state index is -3.75. The minimum Gasteiger partial charge on any atom is -0.475 e. The topological polar surface area (TPSA) is 117 Å². The summed E-state index contributed by atoms with van der Waals surface area (Å²) < 4.78 is 31.8. The molecule has 2 heterocycles. The second kappa shape index (κ2) is 7.30. The molecule has 1 amide bonds. The molecule has 0 aliphatic carbocycles. The van der Waals surface area contributed by atoms with Crippen LogP contribution in [0.15, 0.2) is 51.8 Å². The molecule has 2 N–H and O–H groups in total. The zero-order valence-electron chi connectivity index (χ0n) is 13.8. The third-order valence-corrected chi connectivity index (χ3v) is 6.09. The number of hydrogen-bond donors (Lipinski definition) is 2. The maximum atomic E-state index is 12.8. The fourth-order valence-electron chi connectivity index (χ4n) is 2.90. The molecule has 1 saturated heterocycles. The number of carbonyl (C=O) groups is 2. The molecule has 3 rings (SSSR count). The fraction of sp³-hybridized carbons (Fsp3) is 0.294. The van der Waals surface area contributed by atoms with Crippen molar-refractivity contribution in [1.82, 2.24) is 9.62 Å². The van der Waals surface area contributed by atoms with Gasteiger partial charge in [0, 0.05) is 6.54 Å². The van der Waals surface area contributed by atoms with E-state index in [2.05, 4.69) is 5.32 Å². The third kappa shape index (κ3) is 3.63. The van der Waals surface area contributed by atoms with Crippen molar-refractivity contribution in [2.45, 2.75) is 30.3 Å². The SMILES string of the molecule is O=C(O)c1ccc(CNC(=O)C2CCCN2S(=O)(=O)c2ccccc2)o1. The van der Waals surface area contributed by atoms with Gasteiger partial charge in [-0.1, -0.05) is 18.2 Å². The first kappa shape index (κ1) is 18.2. The molecular weight excluding hydrogens is 360 g/mol. The number of furan rings is 1. The summed E-state index contributed by atoms with van der Waals surface area (Å²) in [6.07, 6.45) is 1.02. The number of carbonyl (C=O) groups excluding carboxylic acids is 1. The number of nitrogens with zero attached hydrogens (tertiary/aromatic N) is 1. The van der Waals surface area contributed by atoms with Crippen molar-refractivity contribution < 1.29 is 27.5 Å². The largest absolute Gasteiger partial charge is 0.475 e. The number of benzene rings is 1. The molecule has 1 fully saturated rings. The van der Waals surface area contributed by atoms with Gasteiger partial charge in [-0.3, -0.25) is 4.79 Å². The van der Waals surface area contributed by atoms with Crippen LogP contribution in [0.25, 0.3) is 0 Å². The van der Waals surface area contributed by atoms with Gasteiger partial charge in [0.25, 0.3) is 0 Å². The van der Waals surface area contributed by atoms with E-state index < -0.39 is 27.9 Å². The van der Waals surface area contributed by atoms with Crippen molar-refractivity contribution in [2.75, 3.05) is 6.54 Å². The second-order valence-electron chi connectivity index (χ2n) is 5.88. The van der Waals surface area contributed by atoms with Crippen LogP contribution in [0.5, 0.6) is 0 Å². The number of nitrogens with one attached hydrogen (secondary N) is 1. The highest BCUT2D eigenvalue weighted by Gasteiger charge is 2.39. The van der Waals surface area contributed by atoms with Crippen LogP contribution < -0.4 is 5.32 Å². The fourth-order valence-corrected chi connectivity index (χ4v) is 4.58. The van der Waals surface area contributed by atoms with Gasteiger partial charge in [0.15, 0.2) is 0 Å². The van der Waals surface area contributed by atoms with Gasteiger partial charge in [-0.2, -0.15) is 4.31 Å². The summed E-state index contributed by atoms with van der Waals surface area (Å²) in [6.45, 7) is 0.265. The van der Waals surface area contributed by atoms with E-state index in [0.717, 1.165) is 0 Å². The van der Waals surface area contributed by atoms with Gasteiger partial charge in [-0.15, -0.1) is 0 Å². The van der Waals surface area contributed by atoms with Crippen molar-refractivity contribution in [2.24, 2.45) is 0 Å². The Bertz CT molecular complexity index is 906. The van der Waals surface area contributed by atoms with Crippen LogP contribution in [0.1, 0.15) is 29.2 Å². The van der Waals surface area contributed by atoms with Crippen LogP contribution in [0, 0.1) is 0 Å². The van der Waals surface area contributed by atoms with E-state index in [4.69, 9.17) is 9.52 Å². The number of aromatic carboxylic acids is 1. The van der Waals surface area contributed by atoms with Gasteiger partial charge in [-0.25, -0.2) is 13.2 Å². The van der Waals surface area contributed by atoms with E-state index in [9.17, 15) is 18.0 Å². The highest BCUT2D eigenvalue weighted by atomic mass is 32.2. The quantitative estimate of drug-likeness (QED) is 0.786. The molecule has 26 heavy (non-hydrogen) atoms. The third-order valence-electron chi connectivity index (χ3n) is 4.17. The van der Waals surface area contributed by atoms with Crippen molar-refractivity contribution in [3.8, 4) is 0 Å². The average molecular weight is 378 g/mol.